The van der Waals surface area contributed by atoms with E-state index in [2.05, 4.69) is 16.0 Å². The number of carbonyl (C=O) groups is 3. The van der Waals surface area contributed by atoms with E-state index < -0.39 is 22.9 Å². The van der Waals surface area contributed by atoms with Gasteiger partial charge in [0.25, 0.3) is 11.8 Å². The summed E-state index contributed by atoms with van der Waals surface area (Å²) in [7, 11) is 0. The average Bonchev–Trinajstić information content (AvgIpc) is 3.05. The summed E-state index contributed by atoms with van der Waals surface area (Å²) in [6.07, 6.45) is 1.47. The van der Waals surface area contributed by atoms with E-state index in [1.54, 1.807) is 72.8 Å². The molecule has 0 radical (unpaired) electrons. The Bertz CT molecular complexity index is 1830. The Balaban J connectivity index is 1.37. The first-order valence-electron chi connectivity index (χ1n) is 13.9. The first-order valence-corrected chi connectivity index (χ1v) is 15.1. The fraction of sp³-hybridized carbons (Fsp3) is 0.0278. The molecule has 3 N–H and O–H groups in total. The monoisotopic (exact) mass is 635 g/mol. The summed E-state index contributed by atoms with van der Waals surface area (Å²) in [5, 5.41) is 8.34. The molecule has 0 aromatic heterocycles. The second-order valence-electron chi connectivity index (χ2n) is 9.82. The van der Waals surface area contributed by atoms with Gasteiger partial charge in [-0.05, 0) is 77.9 Å². The smallest absolute Gasteiger partial charge is 0.272 e. The third-order valence-electron chi connectivity index (χ3n) is 6.49. The van der Waals surface area contributed by atoms with E-state index in [1.807, 2.05) is 36.4 Å². The Morgan fingerprint density at radius 3 is 2.04 bits per heavy atom. The summed E-state index contributed by atoms with van der Waals surface area (Å²) in [5.74, 6) is -1.71. The third-order valence-corrected chi connectivity index (χ3v) is 7.97. The first-order chi connectivity index (χ1) is 21.8. The highest BCUT2D eigenvalue weighted by Gasteiger charge is 2.23. The number of benzene rings is 5. The van der Waals surface area contributed by atoms with E-state index in [0.717, 1.165) is 10.5 Å². The minimum atomic E-state index is -0.616. The van der Waals surface area contributed by atoms with Gasteiger partial charge in [-0.2, -0.15) is 0 Å². The molecule has 5 aromatic carbocycles. The van der Waals surface area contributed by atoms with Crippen LogP contribution in [-0.2, 0) is 9.59 Å². The maximum atomic E-state index is 13.5. The molecule has 0 heterocycles. The number of hydrogen-bond acceptors (Lipinski definition) is 4. The summed E-state index contributed by atoms with van der Waals surface area (Å²) in [5.41, 5.74) is 2.69. The van der Waals surface area contributed by atoms with Crippen molar-refractivity contribution in [3.63, 3.8) is 0 Å². The molecular formula is C36H27ClFN3O3S. The summed E-state index contributed by atoms with van der Waals surface area (Å²) in [4.78, 5) is 40.6. The van der Waals surface area contributed by atoms with Crippen LogP contribution >= 0.6 is 23.4 Å². The average molecular weight is 636 g/mol. The van der Waals surface area contributed by atoms with Gasteiger partial charge in [0, 0.05) is 26.9 Å². The van der Waals surface area contributed by atoms with Crippen molar-refractivity contribution in [3.05, 3.63) is 167 Å². The van der Waals surface area contributed by atoms with Crippen molar-refractivity contribution >= 4 is 58.5 Å². The van der Waals surface area contributed by atoms with Crippen LogP contribution in [0.1, 0.15) is 26.7 Å². The SMILES string of the molecule is O=C(Nc1cccc(SC(C(=O)Nc2cccc(Cl)c2)c2ccccc2)c1)/C(=C/c1ccc(F)cc1)NC(=O)c1ccccc1. The van der Waals surface area contributed by atoms with Crippen LogP contribution in [0.3, 0.4) is 0 Å². The zero-order valence-electron chi connectivity index (χ0n) is 23.7. The normalized spacial score (nSPS) is 11.7. The second-order valence-corrected chi connectivity index (χ2v) is 11.4. The third kappa shape index (κ3) is 8.92. The van der Waals surface area contributed by atoms with Crippen molar-refractivity contribution in [3.8, 4) is 0 Å². The minimum Gasteiger partial charge on any atom is -0.325 e. The van der Waals surface area contributed by atoms with Gasteiger partial charge in [-0.1, -0.05) is 84.4 Å². The molecule has 0 saturated heterocycles. The lowest BCUT2D eigenvalue weighted by Gasteiger charge is -2.18. The number of amides is 3. The Hall–Kier alpha value is -5.18. The van der Waals surface area contributed by atoms with Gasteiger partial charge >= 0.3 is 0 Å². The van der Waals surface area contributed by atoms with Gasteiger partial charge < -0.3 is 16.0 Å². The van der Waals surface area contributed by atoms with E-state index in [4.69, 9.17) is 11.6 Å². The predicted molar refractivity (Wildman–Crippen MR) is 178 cm³/mol. The van der Waals surface area contributed by atoms with Crippen LogP contribution in [0, 0.1) is 5.82 Å². The van der Waals surface area contributed by atoms with Crippen molar-refractivity contribution in [2.45, 2.75) is 10.1 Å². The molecule has 45 heavy (non-hydrogen) atoms. The summed E-state index contributed by atoms with van der Waals surface area (Å²) in [6, 6.07) is 37.4. The Morgan fingerprint density at radius 2 is 1.36 bits per heavy atom. The lowest BCUT2D eigenvalue weighted by molar-refractivity contribution is -0.116. The number of nitrogens with one attached hydrogen (secondary N) is 3. The summed E-state index contributed by atoms with van der Waals surface area (Å²) < 4.78 is 13.5. The largest absolute Gasteiger partial charge is 0.325 e. The second kappa shape index (κ2) is 15.0. The van der Waals surface area contributed by atoms with E-state index >= 15 is 0 Å². The molecule has 0 aliphatic rings. The molecule has 0 fully saturated rings. The standard InChI is InChI=1S/C36H27ClFN3O3S/c37-27-13-7-14-29(22-27)40-36(44)33(25-9-3-1-4-10-25)45-31-16-8-15-30(23-31)39-35(43)32(21-24-17-19-28(38)20-18-24)41-34(42)26-11-5-2-6-12-26/h1-23,33H,(H,39,43)(H,40,44)(H,41,42)/b32-21-. The zero-order chi connectivity index (χ0) is 31.6. The Labute approximate surface area is 269 Å². The molecule has 0 aliphatic carbocycles. The van der Waals surface area contributed by atoms with Gasteiger partial charge in [0.1, 0.15) is 16.8 Å². The number of anilines is 2. The first kappa shape index (κ1) is 31.3. The number of thioether (sulfide) groups is 1. The molecule has 0 bridgehead atoms. The number of rotatable bonds is 10. The molecule has 9 heteroatoms. The number of carbonyl (C=O) groups excluding carboxylic acids is 3. The number of hydrogen-bond donors (Lipinski definition) is 3. The predicted octanol–water partition coefficient (Wildman–Crippen LogP) is 8.36. The van der Waals surface area contributed by atoms with Crippen molar-refractivity contribution in [2.24, 2.45) is 0 Å². The molecular weight excluding hydrogens is 609 g/mol. The summed E-state index contributed by atoms with van der Waals surface area (Å²) >= 11 is 7.43. The van der Waals surface area contributed by atoms with Crippen LogP contribution in [0.15, 0.2) is 144 Å². The number of halogens is 2. The molecule has 6 nitrogen and oxygen atoms in total. The van der Waals surface area contributed by atoms with Crippen LogP contribution in [0.25, 0.3) is 6.08 Å². The van der Waals surface area contributed by atoms with E-state index in [-0.39, 0.29) is 11.6 Å². The van der Waals surface area contributed by atoms with E-state index in [9.17, 15) is 18.8 Å². The van der Waals surface area contributed by atoms with Gasteiger partial charge in [0.05, 0.1) is 0 Å². The molecule has 224 valence electrons. The topological polar surface area (TPSA) is 87.3 Å². The van der Waals surface area contributed by atoms with Crippen LogP contribution in [0.2, 0.25) is 5.02 Å². The van der Waals surface area contributed by atoms with Crippen LogP contribution in [0.5, 0.6) is 0 Å². The molecule has 0 saturated carbocycles. The van der Waals surface area contributed by atoms with E-state index in [0.29, 0.717) is 27.5 Å². The van der Waals surface area contributed by atoms with Crippen molar-refractivity contribution < 1.29 is 18.8 Å². The quantitative estimate of drug-likeness (QED) is 0.106. The molecule has 1 unspecified atom stereocenters. The fourth-order valence-corrected chi connectivity index (χ4v) is 5.60. The maximum absolute atomic E-state index is 13.5. The highest BCUT2D eigenvalue weighted by molar-refractivity contribution is 8.00. The Morgan fingerprint density at radius 1 is 0.711 bits per heavy atom. The molecule has 5 aromatic rings. The maximum Gasteiger partial charge on any atom is 0.272 e. The lowest BCUT2D eigenvalue weighted by atomic mass is 10.1. The molecule has 0 spiro atoms. The summed E-state index contributed by atoms with van der Waals surface area (Å²) in [6.45, 7) is 0. The van der Waals surface area contributed by atoms with Gasteiger partial charge in [0.2, 0.25) is 5.91 Å². The van der Waals surface area contributed by atoms with Gasteiger partial charge in [-0.25, -0.2) is 4.39 Å². The van der Waals surface area contributed by atoms with Crippen molar-refractivity contribution in [2.75, 3.05) is 10.6 Å². The van der Waals surface area contributed by atoms with Gasteiger partial charge in [-0.15, -0.1) is 11.8 Å². The molecule has 1 atom stereocenters. The highest BCUT2D eigenvalue weighted by Crippen LogP contribution is 2.37. The fourth-order valence-electron chi connectivity index (χ4n) is 4.32. The minimum absolute atomic E-state index is 0.0309. The molecule has 3 amide bonds. The lowest BCUT2D eigenvalue weighted by Crippen LogP contribution is -2.30. The highest BCUT2D eigenvalue weighted by atomic mass is 35.5. The Kier molecular flexibility index (Phi) is 10.4. The van der Waals surface area contributed by atoms with Crippen molar-refractivity contribution in [1.29, 1.82) is 0 Å². The van der Waals surface area contributed by atoms with Crippen LogP contribution in [0.4, 0.5) is 15.8 Å². The molecule has 5 rings (SSSR count). The van der Waals surface area contributed by atoms with Crippen LogP contribution < -0.4 is 16.0 Å². The van der Waals surface area contributed by atoms with Gasteiger partial charge in [0.15, 0.2) is 0 Å². The molecule has 0 aliphatic heterocycles. The van der Waals surface area contributed by atoms with E-state index in [1.165, 1.54) is 42.1 Å². The zero-order valence-corrected chi connectivity index (χ0v) is 25.3. The van der Waals surface area contributed by atoms with Crippen molar-refractivity contribution in [1.82, 2.24) is 5.32 Å². The van der Waals surface area contributed by atoms with Gasteiger partial charge in [-0.3, -0.25) is 14.4 Å². The van der Waals surface area contributed by atoms with Crippen LogP contribution in [-0.4, -0.2) is 17.7 Å².